The number of hydrogen-bond acceptors (Lipinski definition) is 4. The summed E-state index contributed by atoms with van der Waals surface area (Å²) in [6.45, 7) is 5.68. The number of sulfonamides is 1. The number of aryl methyl sites for hydroxylation is 2. The second kappa shape index (κ2) is 9.44. The van der Waals surface area contributed by atoms with Crippen molar-refractivity contribution in [1.82, 2.24) is 5.32 Å². The summed E-state index contributed by atoms with van der Waals surface area (Å²) < 4.78 is 33.1. The number of amides is 1. The quantitative estimate of drug-likeness (QED) is 0.567. The lowest BCUT2D eigenvalue weighted by Crippen LogP contribution is -2.29. The van der Waals surface area contributed by atoms with E-state index in [0.717, 1.165) is 15.4 Å². The van der Waals surface area contributed by atoms with E-state index in [1.807, 2.05) is 38.1 Å². The molecule has 1 N–H and O–H groups in total. The van der Waals surface area contributed by atoms with Crippen LogP contribution in [0.4, 0.5) is 5.69 Å². The van der Waals surface area contributed by atoms with E-state index in [0.29, 0.717) is 22.6 Å². The third-order valence-electron chi connectivity index (χ3n) is 5.54. The minimum atomic E-state index is -3.91. The standard InChI is InChI=1S/C25H28N2O4S/c1-17-10-6-7-11-21(17)19(3)26-25(28)22-16-20(15-14-18(22)2)32(29,30)27(4)23-12-8-9-13-24(23)31-5/h6-16,19H,1-5H3,(H,26,28). The zero-order valence-corrected chi connectivity index (χ0v) is 19.7. The SMILES string of the molecule is COc1ccccc1N(C)S(=O)(=O)c1ccc(C)c(C(=O)NC(C)c2ccccc2C)c1. The van der Waals surface area contributed by atoms with Crippen LogP contribution < -0.4 is 14.4 Å². The van der Waals surface area contributed by atoms with Crippen LogP contribution in [-0.4, -0.2) is 28.5 Å². The Bertz CT molecular complexity index is 1240. The number of benzene rings is 3. The van der Waals surface area contributed by atoms with Crippen molar-refractivity contribution >= 4 is 21.6 Å². The molecule has 32 heavy (non-hydrogen) atoms. The fraction of sp³-hybridized carbons (Fsp3) is 0.240. The number of carbonyl (C=O) groups excluding carboxylic acids is 1. The van der Waals surface area contributed by atoms with Crippen molar-refractivity contribution in [1.29, 1.82) is 0 Å². The predicted molar refractivity (Wildman–Crippen MR) is 127 cm³/mol. The van der Waals surface area contributed by atoms with Gasteiger partial charge in [0, 0.05) is 12.6 Å². The first-order chi connectivity index (χ1) is 15.2. The van der Waals surface area contributed by atoms with E-state index in [4.69, 9.17) is 4.74 Å². The molecule has 3 aromatic carbocycles. The molecule has 0 spiro atoms. The summed E-state index contributed by atoms with van der Waals surface area (Å²) in [6, 6.07) is 19.1. The molecule has 0 aliphatic carbocycles. The Hall–Kier alpha value is -3.32. The van der Waals surface area contributed by atoms with Crippen LogP contribution in [0.3, 0.4) is 0 Å². The van der Waals surface area contributed by atoms with Crippen LogP contribution in [-0.2, 0) is 10.0 Å². The third-order valence-corrected chi connectivity index (χ3v) is 7.31. The molecule has 3 rings (SSSR count). The van der Waals surface area contributed by atoms with Gasteiger partial charge in [0.05, 0.1) is 23.7 Å². The molecule has 1 amide bonds. The van der Waals surface area contributed by atoms with Crippen molar-refractivity contribution in [3.63, 3.8) is 0 Å². The average molecular weight is 453 g/mol. The second-order valence-electron chi connectivity index (χ2n) is 7.67. The zero-order valence-electron chi connectivity index (χ0n) is 18.9. The number of anilines is 1. The fourth-order valence-corrected chi connectivity index (χ4v) is 4.84. The van der Waals surface area contributed by atoms with E-state index < -0.39 is 10.0 Å². The van der Waals surface area contributed by atoms with Gasteiger partial charge in [0.25, 0.3) is 15.9 Å². The first-order valence-electron chi connectivity index (χ1n) is 10.3. The number of para-hydroxylation sites is 2. The molecule has 1 atom stereocenters. The lowest BCUT2D eigenvalue weighted by atomic mass is 10.0. The second-order valence-corrected chi connectivity index (χ2v) is 9.64. The Morgan fingerprint density at radius 2 is 1.62 bits per heavy atom. The monoisotopic (exact) mass is 452 g/mol. The van der Waals surface area contributed by atoms with Crippen LogP contribution in [0.1, 0.15) is 40.0 Å². The normalized spacial score (nSPS) is 12.2. The van der Waals surface area contributed by atoms with Crippen LogP contribution in [0.25, 0.3) is 0 Å². The van der Waals surface area contributed by atoms with Crippen molar-refractivity contribution in [2.24, 2.45) is 0 Å². The number of rotatable bonds is 7. The molecular formula is C25H28N2O4S. The van der Waals surface area contributed by atoms with Gasteiger partial charge in [-0.3, -0.25) is 9.10 Å². The van der Waals surface area contributed by atoms with Crippen molar-refractivity contribution in [2.45, 2.75) is 31.7 Å². The van der Waals surface area contributed by atoms with E-state index in [-0.39, 0.29) is 16.8 Å². The topological polar surface area (TPSA) is 75.7 Å². The molecular weight excluding hydrogens is 424 g/mol. The Morgan fingerprint density at radius 3 is 2.31 bits per heavy atom. The van der Waals surface area contributed by atoms with E-state index >= 15 is 0 Å². The van der Waals surface area contributed by atoms with Crippen LogP contribution in [0.2, 0.25) is 0 Å². The van der Waals surface area contributed by atoms with Gasteiger partial charge in [0.15, 0.2) is 0 Å². The Morgan fingerprint density at radius 1 is 0.969 bits per heavy atom. The number of hydrogen-bond donors (Lipinski definition) is 1. The van der Waals surface area contributed by atoms with Gasteiger partial charge >= 0.3 is 0 Å². The number of methoxy groups -OCH3 is 1. The summed E-state index contributed by atoms with van der Waals surface area (Å²) in [7, 11) is -0.957. The van der Waals surface area contributed by atoms with Crippen LogP contribution >= 0.6 is 0 Å². The van der Waals surface area contributed by atoms with Gasteiger partial charge in [-0.2, -0.15) is 0 Å². The molecule has 0 radical (unpaired) electrons. The average Bonchev–Trinajstić information content (AvgIpc) is 2.78. The fourth-order valence-electron chi connectivity index (χ4n) is 3.61. The van der Waals surface area contributed by atoms with E-state index in [9.17, 15) is 13.2 Å². The van der Waals surface area contributed by atoms with E-state index in [2.05, 4.69) is 5.32 Å². The summed E-state index contributed by atoms with van der Waals surface area (Å²) in [5, 5.41) is 2.98. The van der Waals surface area contributed by atoms with Gasteiger partial charge in [-0.05, 0) is 61.7 Å². The number of ether oxygens (including phenoxy) is 1. The summed E-state index contributed by atoms with van der Waals surface area (Å²) in [5.74, 6) is 0.117. The maximum atomic E-state index is 13.3. The van der Waals surface area contributed by atoms with Crippen LogP contribution in [0, 0.1) is 13.8 Å². The smallest absolute Gasteiger partial charge is 0.264 e. The van der Waals surface area contributed by atoms with Gasteiger partial charge in [-0.25, -0.2) is 8.42 Å². The maximum absolute atomic E-state index is 13.3. The Labute approximate surface area is 189 Å². The lowest BCUT2D eigenvalue weighted by Gasteiger charge is -2.22. The maximum Gasteiger partial charge on any atom is 0.264 e. The molecule has 0 aliphatic heterocycles. The summed E-state index contributed by atoms with van der Waals surface area (Å²) in [6.07, 6.45) is 0. The highest BCUT2D eigenvalue weighted by Crippen LogP contribution is 2.31. The molecule has 1 unspecified atom stereocenters. The number of nitrogens with zero attached hydrogens (tertiary/aromatic N) is 1. The molecule has 0 heterocycles. The molecule has 0 bridgehead atoms. The van der Waals surface area contributed by atoms with Crippen molar-refractivity contribution in [2.75, 3.05) is 18.5 Å². The minimum Gasteiger partial charge on any atom is -0.495 e. The zero-order chi connectivity index (χ0) is 23.5. The van der Waals surface area contributed by atoms with Gasteiger partial charge < -0.3 is 10.1 Å². The summed E-state index contributed by atoms with van der Waals surface area (Å²) >= 11 is 0. The molecule has 0 aromatic heterocycles. The van der Waals surface area contributed by atoms with E-state index in [1.54, 1.807) is 37.3 Å². The molecule has 0 aliphatic rings. The van der Waals surface area contributed by atoms with Crippen molar-refractivity contribution in [3.8, 4) is 5.75 Å². The largest absolute Gasteiger partial charge is 0.495 e. The Balaban J connectivity index is 1.92. The molecule has 6 nitrogen and oxygen atoms in total. The summed E-state index contributed by atoms with van der Waals surface area (Å²) in [4.78, 5) is 13.1. The van der Waals surface area contributed by atoms with Gasteiger partial charge in [-0.15, -0.1) is 0 Å². The first-order valence-corrected chi connectivity index (χ1v) is 11.7. The van der Waals surface area contributed by atoms with Gasteiger partial charge in [-0.1, -0.05) is 42.5 Å². The van der Waals surface area contributed by atoms with Crippen molar-refractivity contribution < 1.29 is 17.9 Å². The van der Waals surface area contributed by atoms with Crippen molar-refractivity contribution in [3.05, 3.63) is 89.0 Å². The molecule has 0 saturated heterocycles. The molecule has 0 fully saturated rings. The highest BCUT2D eigenvalue weighted by molar-refractivity contribution is 7.92. The molecule has 168 valence electrons. The molecule has 7 heteroatoms. The minimum absolute atomic E-state index is 0.0326. The summed E-state index contributed by atoms with van der Waals surface area (Å²) in [5.41, 5.74) is 3.51. The predicted octanol–water partition coefficient (Wildman–Crippen LogP) is 4.63. The van der Waals surface area contributed by atoms with E-state index in [1.165, 1.54) is 26.3 Å². The molecule has 0 saturated carbocycles. The highest BCUT2D eigenvalue weighted by Gasteiger charge is 2.25. The van der Waals surface area contributed by atoms with Crippen LogP contribution in [0.5, 0.6) is 5.75 Å². The number of nitrogens with one attached hydrogen (secondary N) is 1. The lowest BCUT2D eigenvalue weighted by molar-refractivity contribution is 0.0939. The first kappa shape index (κ1) is 23.3. The van der Waals surface area contributed by atoms with Gasteiger partial charge in [0.2, 0.25) is 0 Å². The number of carbonyl (C=O) groups is 1. The molecule has 3 aromatic rings. The van der Waals surface area contributed by atoms with Crippen LogP contribution in [0.15, 0.2) is 71.6 Å². The Kier molecular flexibility index (Phi) is 6.89. The highest BCUT2D eigenvalue weighted by atomic mass is 32.2. The van der Waals surface area contributed by atoms with Gasteiger partial charge in [0.1, 0.15) is 5.75 Å². The third kappa shape index (κ3) is 4.62.